The van der Waals surface area contributed by atoms with Crippen molar-refractivity contribution in [1.29, 1.82) is 0 Å². The lowest BCUT2D eigenvalue weighted by Crippen LogP contribution is -2.34. The number of carbonyl (C=O) groups excluding carboxylic acids is 2. The number of nitrogens with one attached hydrogen (secondary N) is 1. The SMILES string of the molecule is CC(=O)Nc1nc(C)c(-c2cc3c(c(C)n2)C(=O)N(C(C)C2CC2)C3)s1. The van der Waals surface area contributed by atoms with Gasteiger partial charge in [0.1, 0.15) is 0 Å². The number of amides is 2. The fourth-order valence-electron chi connectivity index (χ4n) is 3.67. The van der Waals surface area contributed by atoms with Crippen LogP contribution in [-0.2, 0) is 11.3 Å². The van der Waals surface area contributed by atoms with Gasteiger partial charge >= 0.3 is 0 Å². The summed E-state index contributed by atoms with van der Waals surface area (Å²) < 4.78 is 0. The summed E-state index contributed by atoms with van der Waals surface area (Å²) in [5, 5.41) is 3.30. The van der Waals surface area contributed by atoms with Gasteiger partial charge in [0.2, 0.25) is 5.91 Å². The molecule has 4 rings (SSSR count). The third-order valence-electron chi connectivity index (χ3n) is 5.21. The summed E-state index contributed by atoms with van der Waals surface area (Å²) in [6, 6.07) is 2.30. The zero-order valence-corrected chi connectivity index (χ0v) is 16.2. The van der Waals surface area contributed by atoms with Gasteiger partial charge in [-0.2, -0.15) is 0 Å². The Kier molecular flexibility index (Phi) is 4.06. The molecule has 1 aliphatic heterocycles. The van der Waals surface area contributed by atoms with E-state index in [4.69, 9.17) is 0 Å². The minimum absolute atomic E-state index is 0.107. The van der Waals surface area contributed by atoms with Crippen LogP contribution in [0.1, 0.15) is 54.0 Å². The van der Waals surface area contributed by atoms with Crippen molar-refractivity contribution in [2.75, 3.05) is 5.32 Å². The molecule has 0 saturated heterocycles. The van der Waals surface area contributed by atoms with Crippen molar-refractivity contribution in [1.82, 2.24) is 14.9 Å². The molecule has 0 spiro atoms. The molecule has 2 amide bonds. The van der Waals surface area contributed by atoms with E-state index in [9.17, 15) is 9.59 Å². The molecule has 3 heterocycles. The Morgan fingerprint density at radius 3 is 2.69 bits per heavy atom. The van der Waals surface area contributed by atoms with Crippen LogP contribution < -0.4 is 5.32 Å². The first-order valence-corrected chi connectivity index (χ1v) is 9.73. The predicted octanol–water partition coefficient (Wildman–Crippen LogP) is 3.53. The zero-order valence-electron chi connectivity index (χ0n) is 15.4. The maximum absolute atomic E-state index is 12.9. The van der Waals surface area contributed by atoms with Crippen LogP contribution in [0.2, 0.25) is 0 Å². The largest absolute Gasteiger partial charge is 0.331 e. The van der Waals surface area contributed by atoms with E-state index in [0.29, 0.717) is 17.6 Å². The second kappa shape index (κ2) is 6.16. The number of carbonyl (C=O) groups is 2. The van der Waals surface area contributed by atoms with Crippen molar-refractivity contribution >= 4 is 28.3 Å². The molecule has 1 atom stereocenters. The van der Waals surface area contributed by atoms with Gasteiger partial charge < -0.3 is 10.2 Å². The third kappa shape index (κ3) is 2.90. The average Bonchev–Trinajstić information content (AvgIpc) is 3.27. The van der Waals surface area contributed by atoms with Gasteiger partial charge in [-0.1, -0.05) is 11.3 Å². The summed E-state index contributed by atoms with van der Waals surface area (Å²) in [6.45, 7) is 8.08. The van der Waals surface area contributed by atoms with Crippen molar-refractivity contribution in [3.05, 3.63) is 28.6 Å². The molecule has 6 nitrogen and oxygen atoms in total. The Bertz CT molecular complexity index is 917. The number of thiazole rings is 1. The number of rotatable bonds is 4. The summed E-state index contributed by atoms with van der Waals surface area (Å²) in [7, 11) is 0. The number of hydrogen-bond acceptors (Lipinski definition) is 5. The zero-order chi connectivity index (χ0) is 18.6. The molecular formula is C19H22N4O2S. The van der Waals surface area contributed by atoms with E-state index in [1.165, 1.54) is 31.1 Å². The number of anilines is 1. The average molecular weight is 370 g/mol. The van der Waals surface area contributed by atoms with E-state index in [1.54, 1.807) is 0 Å². The van der Waals surface area contributed by atoms with Gasteiger partial charge in [-0.15, -0.1) is 0 Å². The third-order valence-corrected chi connectivity index (χ3v) is 6.30. The highest BCUT2D eigenvalue weighted by Crippen LogP contribution is 2.40. The molecule has 1 aliphatic carbocycles. The van der Waals surface area contributed by atoms with Gasteiger partial charge in [-0.25, -0.2) is 4.98 Å². The summed E-state index contributed by atoms with van der Waals surface area (Å²) in [5.41, 5.74) is 4.21. The first-order valence-electron chi connectivity index (χ1n) is 8.92. The fraction of sp³-hybridized carbons (Fsp3) is 0.474. The van der Waals surface area contributed by atoms with Crippen molar-refractivity contribution < 1.29 is 9.59 Å². The van der Waals surface area contributed by atoms with Gasteiger partial charge in [0.25, 0.3) is 5.91 Å². The second-order valence-corrected chi connectivity index (χ2v) is 8.25. The highest BCUT2D eigenvalue weighted by atomic mass is 32.1. The quantitative estimate of drug-likeness (QED) is 0.893. The van der Waals surface area contributed by atoms with Crippen molar-refractivity contribution in [2.24, 2.45) is 5.92 Å². The van der Waals surface area contributed by atoms with E-state index >= 15 is 0 Å². The van der Waals surface area contributed by atoms with Crippen molar-refractivity contribution in [3.63, 3.8) is 0 Å². The Labute approximate surface area is 156 Å². The molecule has 1 fully saturated rings. The van der Waals surface area contributed by atoms with Crippen molar-refractivity contribution in [3.8, 4) is 10.6 Å². The van der Waals surface area contributed by atoms with E-state index < -0.39 is 0 Å². The molecule has 2 aromatic rings. The maximum Gasteiger partial charge on any atom is 0.256 e. The fourth-order valence-corrected chi connectivity index (χ4v) is 4.64. The standard InChI is InChI=1S/C19H22N4O2S/c1-9-16-14(8-23(18(16)25)11(3)13-5-6-13)7-15(20-9)17-10(2)21-19(26-17)22-12(4)24/h7,11,13H,5-6,8H2,1-4H3,(H,21,22,24). The van der Waals surface area contributed by atoms with Crippen LogP contribution in [0.15, 0.2) is 6.07 Å². The molecule has 0 aromatic carbocycles. The molecule has 26 heavy (non-hydrogen) atoms. The Hall–Kier alpha value is -2.28. The molecule has 2 aromatic heterocycles. The first kappa shape index (κ1) is 17.1. The molecular weight excluding hydrogens is 348 g/mol. The van der Waals surface area contributed by atoms with E-state index in [-0.39, 0.29) is 17.9 Å². The van der Waals surface area contributed by atoms with Crippen LogP contribution in [0.4, 0.5) is 5.13 Å². The van der Waals surface area contributed by atoms with Crippen LogP contribution in [0.3, 0.4) is 0 Å². The topological polar surface area (TPSA) is 75.2 Å². The molecule has 7 heteroatoms. The number of aryl methyl sites for hydroxylation is 2. The number of hydrogen-bond donors (Lipinski definition) is 1. The molecule has 1 N–H and O–H groups in total. The summed E-state index contributed by atoms with van der Waals surface area (Å²) >= 11 is 1.41. The number of pyridine rings is 1. The maximum atomic E-state index is 12.9. The van der Waals surface area contributed by atoms with E-state index in [0.717, 1.165) is 33.1 Å². The predicted molar refractivity (Wildman–Crippen MR) is 101 cm³/mol. The van der Waals surface area contributed by atoms with E-state index in [1.807, 2.05) is 24.8 Å². The normalized spacial score (nSPS) is 17.4. The summed E-state index contributed by atoms with van der Waals surface area (Å²) in [6.07, 6.45) is 2.44. The molecule has 0 bridgehead atoms. The molecule has 1 unspecified atom stereocenters. The first-order chi connectivity index (χ1) is 12.3. The van der Waals surface area contributed by atoms with Crippen LogP contribution in [0.5, 0.6) is 0 Å². The lowest BCUT2D eigenvalue weighted by molar-refractivity contribution is -0.114. The number of aromatic nitrogens is 2. The number of nitrogens with zero attached hydrogens (tertiary/aromatic N) is 3. The summed E-state index contributed by atoms with van der Waals surface area (Å²) in [5.74, 6) is 0.611. The van der Waals surface area contributed by atoms with Gasteiger partial charge in [-0.05, 0) is 51.2 Å². The molecule has 136 valence electrons. The van der Waals surface area contributed by atoms with Gasteiger partial charge in [0.15, 0.2) is 5.13 Å². The van der Waals surface area contributed by atoms with Crippen LogP contribution in [-0.4, -0.2) is 32.7 Å². The Morgan fingerprint density at radius 1 is 1.31 bits per heavy atom. The highest BCUT2D eigenvalue weighted by Gasteiger charge is 2.39. The second-order valence-electron chi connectivity index (χ2n) is 7.25. The monoisotopic (exact) mass is 370 g/mol. The van der Waals surface area contributed by atoms with Gasteiger partial charge in [0.05, 0.1) is 27.5 Å². The van der Waals surface area contributed by atoms with Crippen LogP contribution in [0.25, 0.3) is 10.6 Å². The minimum Gasteiger partial charge on any atom is -0.331 e. The van der Waals surface area contributed by atoms with Crippen molar-refractivity contribution in [2.45, 2.75) is 53.1 Å². The van der Waals surface area contributed by atoms with Crippen LogP contribution in [0, 0.1) is 19.8 Å². The highest BCUT2D eigenvalue weighted by molar-refractivity contribution is 7.19. The summed E-state index contributed by atoms with van der Waals surface area (Å²) in [4.78, 5) is 36.1. The molecule has 2 aliphatic rings. The van der Waals surface area contributed by atoms with Crippen LogP contribution >= 0.6 is 11.3 Å². The lowest BCUT2D eigenvalue weighted by Gasteiger charge is -2.23. The smallest absolute Gasteiger partial charge is 0.256 e. The Balaban J connectivity index is 1.69. The lowest BCUT2D eigenvalue weighted by atomic mass is 10.1. The van der Waals surface area contributed by atoms with Gasteiger partial charge in [0, 0.05) is 19.5 Å². The van der Waals surface area contributed by atoms with Gasteiger partial charge in [-0.3, -0.25) is 14.6 Å². The Morgan fingerprint density at radius 2 is 2.04 bits per heavy atom. The number of fused-ring (bicyclic) bond motifs is 1. The minimum atomic E-state index is -0.140. The van der Waals surface area contributed by atoms with E-state index in [2.05, 4.69) is 22.2 Å². The molecule has 1 saturated carbocycles. The molecule has 0 radical (unpaired) electrons.